The Kier molecular flexibility index (Phi) is 4.28. The van der Waals surface area contributed by atoms with E-state index in [4.69, 9.17) is 0 Å². The first-order chi connectivity index (χ1) is 8.68. The fourth-order valence-corrected chi connectivity index (χ4v) is 2.07. The average molecular weight is 248 g/mol. The molecule has 1 aliphatic rings. The maximum absolute atomic E-state index is 12.2. The molecule has 18 heavy (non-hydrogen) atoms. The van der Waals surface area contributed by atoms with Crippen LogP contribution in [0.2, 0.25) is 0 Å². The first-order valence-corrected chi connectivity index (χ1v) is 6.34. The van der Waals surface area contributed by atoms with Gasteiger partial charge < -0.3 is 10.6 Å². The minimum absolute atomic E-state index is 0.0352. The van der Waals surface area contributed by atoms with Crippen LogP contribution in [-0.4, -0.2) is 48.0 Å². The average Bonchev–Trinajstić information content (AvgIpc) is 2.41. The van der Waals surface area contributed by atoms with Gasteiger partial charge in [-0.1, -0.05) is 0 Å². The number of piperazine rings is 1. The van der Waals surface area contributed by atoms with Crippen LogP contribution < -0.4 is 10.6 Å². The zero-order chi connectivity index (χ0) is 13.0. The summed E-state index contributed by atoms with van der Waals surface area (Å²) >= 11 is 0. The molecular formula is C13H20N4O. The van der Waals surface area contributed by atoms with E-state index >= 15 is 0 Å². The second-order valence-corrected chi connectivity index (χ2v) is 4.64. The molecule has 2 heterocycles. The summed E-state index contributed by atoms with van der Waals surface area (Å²) < 4.78 is 0. The number of hydrogen-bond acceptors (Lipinski definition) is 4. The van der Waals surface area contributed by atoms with Crippen LogP contribution in [0.25, 0.3) is 0 Å². The Bertz CT molecular complexity index is 415. The molecule has 2 N–H and O–H groups in total. The summed E-state index contributed by atoms with van der Waals surface area (Å²) in [7, 11) is 0. The smallest absolute Gasteiger partial charge is 0.241 e. The van der Waals surface area contributed by atoms with Crippen LogP contribution in [0.3, 0.4) is 0 Å². The van der Waals surface area contributed by atoms with Gasteiger partial charge in [-0.25, -0.2) is 0 Å². The molecule has 0 spiro atoms. The summed E-state index contributed by atoms with van der Waals surface area (Å²) in [6, 6.07) is 1.79. The Balaban J connectivity index is 1.97. The number of aryl methyl sites for hydroxylation is 1. The highest BCUT2D eigenvalue weighted by Gasteiger charge is 2.22. The van der Waals surface area contributed by atoms with Gasteiger partial charge in [0.15, 0.2) is 0 Å². The van der Waals surface area contributed by atoms with Crippen LogP contribution in [0.1, 0.15) is 12.5 Å². The lowest BCUT2D eigenvalue weighted by Gasteiger charge is -2.31. The van der Waals surface area contributed by atoms with E-state index in [0.717, 1.165) is 37.4 Å². The highest BCUT2D eigenvalue weighted by Crippen LogP contribution is 2.13. The van der Waals surface area contributed by atoms with Gasteiger partial charge >= 0.3 is 0 Å². The van der Waals surface area contributed by atoms with Gasteiger partial charge in [-0.2, -0.15) is 0 Å². The number of nitrogens with one attached hydrogen (secondary N) is 2. The largest absolute Gasteiger partial charge is 0.323 e. The molecule has 2 rings (SSSR count). The number of carbonyl (C=O) groups is 1. The Hall–Kier alpha value is -1.46. The Labute approximate surface area is 108 Å². The number of pyridine rings is 1. The van der Waals surface area contributed by atoms with E-state index in [0.29, 0.717) is 0 Å². The molecule has 1 atom stereocenters. The molecular weight excluding hydrogens is 228 g/mol. The molecule has 1 aromatic heterocycles. The van der Waals surface area contributed by atoms with Crippen molar-refractivity contribution < 1.29 is 4.79 Å². The summed E-state index contributed by atoms with van der Waals surface area (Å²) in [5.74, 6) is 0.0352. The standard InChI is InChI=1S/C13H20N4O/c1-10-3-4-15-9-12(10)16-13(18)11(2)17-7-5-14-6-8-17/h3-4,9,11,14H,5-8H2,1-2H3,(H,16,18). The third-order valence-electron chi connectivity index (χ3n) is 3.38. The van der Waals surface area contributed by atoms with Crippen molar-refractivity contribution in [3.63, 3.8) is 0 Å². The molecule has 0 bridgehead atoms. The highest BCUT2D eigenvalue weighted by molar-refractivity contribution is 5.95. The van der Waals surface area contributed by atoms with Gasteiger partial charge in [0.1, 0.15) is 0 Å². The zero-order valence-corrected chi connectivity index (χ0v) is 10.9. The second kappa shape index (κ2) is 5.93. The normalized spacial score (nSPS) is 18.3. The molecule has 1 unspecified atom stereocenters. The monoisotopic (exact) mass is 248 g/mol. The van der Waals surface area contributed by atoms with Crippen molar-refractivity contribution in [3.05, 3.63) is 24.0 Å². The molecule has 1 saturated heterocycles. The minimum atomic E-state index is -0.105. The maximum atomic E-state index is 12.2. The molecule has 5 heteroatoms. The van der Waals surface area contributed by atoms with Crippen LogP contribution in [0.15, 0.2) is 18.5 Å². The van der Waals surface area contributed by atoms with Gasteiger partial charge in [-0.05, 0) is 25.5 Å². The van der Waals surface area contributed by atoms with Gasteiger partial charge in [0.2, 0.25) is 5.91 Å². The second-order valence-electron chi connectivity index (χ2n) is 4.64. The fourth-order valence-electron chi connectivity index (χ4n) is 2.07. The predicted molar refractivity (Wildman–Crippen MR) is 71.5 cm³/mol. The predicted octanol–water partition coefficient (Wildman–Crippen LogP) is 0.622. The maximum Gasteiger partial charge on any atom is 0.241 e. The SMILES string of the molecule is Cc1ccncc1NC(=O)C(C)N1CCNCC1. The quantitative estimate of drug-likeness (QED) is 0.823. The van der Waals surface area contributed by atoms with Gasteiger partial charge in [0.25, 0.3) is 0 Å². The molecule has 0 radical (unpaired) electrons. The van der Waals surface area contributed by atoms with E-state index in [1.54, 1.807) is 12.4 Å². The molecule has 0 aromatic carbocycles. The molecule has 1 amide bonds. The number of carbonyl (C=O) groups excluding carboxylic acids is 1. The molecule has 0 saturated carbocycles. The molecule has 5 nitrogen and oxygen atoms in total. The lowest BCUT2D eigenvalue weighted by Crippen LogP contribution is -2.51. The topological polar surface area (TPSA) is 57.3 Å². The van der Waals surface area contributed by atoms with Crippen molar-refractivity contribution in [2.75, 3.05) is 31.5 Å². The summed E-state index contributed by atoms with van der Waals surface area (Å²) in [4.78, 5) is 18.4. The fraction of sp³-hybridized carbons (Fsp3) is 0.538. The minimum Gasteiger partial charge on any atom is -0.323 e. The lowest BCUT2D eigenvalue weighted by atomic mass is 10.2. The van der Waals surface area contributed by atoms with Crippen LogP contribution >= 0.6 is 0 Å². The van der Waals surface area contributed by atoms with E-state index in [9.17, 15) is 4.79 Å². The number of amides is 1. The van der Waals surface area contributed by atoms with Crippen LogP contribution in [0.4, 0.5) is 5.69 Å². The summed E-state index contributed by atoms with van der Waals surface area (Å²) in [5, 5.41) is 6.23. The van der Waals surface area contributed by atoms with Crippen molar-refractivity contribution in [1.29, 1.82) is 0 Å². The summed E-state index contributed by atoms with van der Waals surface area (Å²) in [6.07, 6.45) is 3.42. The number of nitrogens with zero attached hydrogens (tertiary/aromatic N) is 2. The van der Waals surface area contributed by atoms with E-state index in [1.807, 2.05) is 19.9 Å². The lowest BCUT2D eigenvalue weighted by molar-refractivity contribution is -0.120. The van der Waals surface area contributed by atoms with E-state index in [2.05, 4.69) is 20.5 Å². The first-order valence-electron chi connectivity index (χ1n) is 6.34. The molecule has 1 aromatic rings. The van der Waals surface area contributed by atoms with E-state index in [-0.39, 0.29) is 11.9 Å². The third kappa shape index (κ3) is 3.05. The zero-order valence-electron chi connectivity index (χ0n) is 10.9. The van der Waals surface area contributed by atoms with Crippen molar-refractivity contribution in [1.82, 2.24) is 15.2 Å². The van der Waals surface area contributed by atoms with Crippen molar-refractivity contribution in [2.45, 2.75) is 19.9 Å². The first kappa shape index (κ1) is 13.0. The number of rotatable bonds is 3. The molecule has 1 aliphatic heterocycles. The summed E-state index contributed by atoms with van der Waals surface area (Å²) in [6.45, 7) is 7.65. The van der Waals surface area contributed by atoms with Crippen LogP contribution in [0, 0.1) is 6.92 Å². The Morgan fingerprint density at radius 3 is 2.89 bits per heavy atom. The number of hydrogen-bond donors (Lipinski definition) is 2. The molecule has 0 aliphatic carbocycles. The van der Waals surface area contributed by atoms with E-state index in [1.165, 1.54) is 0 Å². The van der Waals surface area contributed by atoms with Gasteiger partial charge in [0.05, 0.1) is 17.9 Å². The van der Waals surface area contributed by atoms with Gasteiger partial charge in [0, 0.05) is 32.4 Å². The van der Waals surface area contributed by atoms with E-state index < -0.39 is 0 Å². The molecule has 98 valence electrons. The highest BCUT2D eigenvalue weighted by atomic mass is 16.2. The van der Waals surface area contributed by atoms with Crippen molar-refractivity contribution >= 4 is 11.6 Å². The van der Waals surface area contributed by atoms with Crippen LogP contribution in [-0.2, 0) is 4.79 Å². The summed E-state index contributed by atoms with van der Waals surface area (Å²) in [5.41, 5.74) is 1.83. The van der Waals surface area contributed by atoms with Gasteiger partial charge in [-0.15, -0.1) is 0 Å². The molecule has 1 fully saturated rings. The third-order valence-corrected chi connectivity index (χ3v) is 3.38. The van der Waals surface area contributed by atoms with Crippen molar-refractivity contribution in [2.24, 2.45) is 0 Å². The van der Waals surface area contributed by atoms with Crippen molar-refractivity contribution in [3.8, 4) is 0 Å². The van der Waals surface area contributed by atoms with Crippen LogP contribution in [0.5, 0.6) is 0 Å². The van der Waals surface area contributed by atoms with Gasteiger partial charge in [-0.3, -0.25) is 14.7 Å². The Morgan fingerprint density at radius 1 is 1.50 bits per heavy atom. The number of aromatic nitrogens is 1. The Morgan fingerprint density at radius 2 is 2.22 bits per heavy atom. The number of anilines is 1.